The van der Waals surface area contributed by atoms with Crippen LogP contribution in [-0.2, 0) is 0 Å². The molecule has 1 aromatic carbocycles. The number of rotatable bonds is 4. The Balaban J connectivity index is 2.48. The van der Waals surface area contributed by atoms with Gasteiger partial charge in [0.25, 0.3) is 0 Å². The van der Waals surface area contributed by atoms with Crippen LogP contribution in [0.25, 0.3) is 0 Å². The summed E-state index contributed by atoms with van der Waals surface area (Å²) >= 11 is 7.19. The highest BCUT2D eigenvalue weighted by Gasteiger charge is 2.21. The van der Waals surface area contributed by atoms with Crippen LogP contribution in [0.4, 0.5) is 0 Å². The van der Waals surface area contributed by atoms with E-state index in [2.05, 4.69) is 69.2 Å². The number of nitrogens with one attached hydrogen (secondary N) is 1. The molecule has 0 fully saturated rings. The van der Waals surface area contributed by atoms with Crippen LogP contribution in [0, 0.1) is 6.92 Å². The molecule has 0 saturated carbocycles. The molecule has 1 heterocycles. The molecule has 18 heavy (non-hydrogen) atoms. The normalized spacial score (nSPS) is 12.7. The fraction of sp³-hybridized carbons (Fsp3) is 0.286. The highest BCUT2D eigenvalue weighted by atomic mass is 79.9. The summed E-state index contributed by atoms with van der Waals surface area (Å²) in [6.07, 6.45) is 1.70. The second-order valence-electron chi connectivity index (χ2n) is 4.10. The van der Waals surface area contributed by atoms with Gasteiger partial charge in [0.15, 0.2) is 0 Å². The lowest BCUT2D eigenvalue weighted by atomic mass is 10.0. The molecule has 0 amide bonds. The van der Waals surface area contributed by atoms with Crippen molar-refractivity contribution in [2.75, 3.05) is 6.54 Å². The van der Waals surface area contributed by atoms with Gasteiger partial charge < -0.3 is 9.73 Å². The predicted molar refractivity (Wildman–Crippen MR) is 80.8 cm³/mol. The Labute approximate surface area is 124 Å². The van der Waals surface area contributed by atoms with Gasteiger partial charge in [-0.2, -0.15) is 0 Å². The van der Waals surface area contributed by atoms with Crippen molar-refractivity contribution < 1.29 is 4.42 Å². The summed E-state index contributed by atoms with van der Waals surface area (Å²) in [5.74, 6) is 0.906. The topological polar surface area (TPSA) is 25.2 Å². The number of hydrogen-bond acceptors (Lipinski definition) is 2. The second-order valence-corrected chi connectivity index (χ2v) is 5.75. The number of halogens is 2. The maximum atomic E-state index is 5.60. The molecular formula is C14H15Br2NO. The van der Waals surface area contributed by atoms with Gasteiger partial charge in [0, 0.05) is 4.47 Å². The van der Waals surface area contributed by atoms with E-state index in [1.807, 2.05) is 6.07 Å². The molecule has 2 nitrogen and oxygen atoms in total. The van der Waals surface area contributed by atoms with E-state index >= 15 is 0 Å². The van der Waals surface area contributed by atoms with Crippen LogP contribution in [0.2, 0.25) is 0 Å². The first kappa shape index (κ1) is 13.8. The molecule has 2 rings (SSSR count). The Morgan fingerprint density at radius 3 is 2.67 bits per heavy atom. The van der Waals surface area contributed by atoms with Gasteiger partial charge in [0.1, 0.15) is 5.76 Å². The highest BCUT2D eigenvalue weighted by molar-refractivity contribution is 9.10. The van der Waals surface area contributed by atoms with E-state index < -0.39 is 0 Å². The summed E-state index contributed by atoms with van der Waals surface area (Å²) in [6, 6.07) is 8.24. The van der Waals surface area contributed by atoms with Gasteiger partial charge in [-0.3, -0.25) is 0 Å². The predicted octanol–water partition coefficient (Wildman–Crippen LogP) is 4.81. The molecule has 0 saturated heterocycles. The standard InChI is InChI=1S/C14H15Br2NO/c1-3-17-13(14-11(15)7-8-18-14)10-6-4-5-9(2)12(10)16/h4-8,13,17H,3H2,1-2H3. The lowest BCUT2D eigenvalue weighted by molar-refractivity contribution is 0.449. The summed E-state index contributed by atoms with van der Waals surface area (Å²) in [5.41, 5.74) is 2.41. The lowest BCUT2D eigenvalue weighted by Crippen LogP contribution is -2.22. The SMILES string of the molecule is CCNC(c1cccc(C)c1Br)c1occc1Br. The van der Waals surface area contributed by atoms with Gasteiger partial charge in [-0.15, -0.1) is 0 Å². The van der Waals surface area contributed by atoms with Crippen molar-refractivity contribution in [2.24, 2.45) is 0 Å². The molecule has 0 aliphatic carbocycles. The maximum absolute atomic E-state index is 5.60. The fourth-order valence-corrected chi connectivity index (χ4v) is 2.88. The molecule has 4 heteroatoms. The molecule has 0 aliphatic rings. The molecule has 0 radical (unpaired) electrons. The number of aryl methyl sites for hydroxylation is 1. The van der Waals surface area contributed by atoms with Gasteiger partial charge in [0.2, 0.25) is 0 Å². The molecule has 0 aliphatic heterocycles. The summed E-state index contributed by atoms with van der Waals surface area (Å²) in [7, 11) is 0. The molecule has 0 spiro atoms. The van der Waals surface area contributed by atoms with Crippen LogP contribution in [0.3, 0.4) is 0 Å². The van der Waals surface area contributed by atoms with Crippen molar-refractivity contribution in [1.29, 1.82) is 0 Å². The zero-order chi connectivity index (χ0) is 13.1. The van der Waals surface area contributed by atoms with E-state index in [9.17, 15) is 0 Å². The lowest BCUT2D eigenvalue weighted by Gasteiger charge is -2.19. The minimum Gasteiger partial charge on any atom is -0.466 e. The van der Waals surface area contributed by atoms with E-state index in [0.29, 0.717) is 0 Å². The van der Waals surface area contributed by atoms with Crippen LogP contribution in [0.15, 0.2) is 43.9 Å². The van der Waals surface area contributed by atoms with Gasteiger partial charge >= 0.3 is 0 Å². The summed E-state index contributed by atoms with van der Waals surface area (Å²) in [4.78, 5) is 0. The van der Waals surface area contributed by atoms with Crippen LogP contribution in [-0.4, -0.2) is 6.54 Å². The average Bonchev–Trinajstić information content (AvgIpc) is 2.76. The van der Waals surface area contributed by atoms with Crippen molar-refractivity contribution in [3.8, 4) is 0 Å². The second kappa shape index (κ2) is 6.04. The third-order valence-electron chi connectivity index (χ3n) is 2.85. The minimum absolute atomic E-state index is 0.0497. The Hall–Kier alpha value is -0.580. The van der Waals surface area contributed by atoms with Crippen molar-refractivity contribution in [2.45, 2.75) is 19.9 Å². The van der Waals surface area contributed by atoms with Crippen molar-refractivity contribution >= 4 is 31.9 Å². The summed E-state index contributed by atoms with van der Waals surface area (Å²) < 4.78 is 7.71. The third-order valence-corrected chi connectivity index (χ3v) is 4.59. The van der Waals surface area contributed by atoms with Crippen LogP contribution < -0.4 is 5.32 Å². The largest absolute Gasteiger partial charge is 0.466 e. The van der Waals surface area contributed by atoms with Crippen molar-refractivity contribution in [3.05, 3.63) is 56.4 Å². The molecule has 2 aromatic rings. The first-order valence-corrected chi connectivity index (χ1v) is 7.45. The molecule has 0 bridgehead atoms. The fourth-order valence-electron chi connectivity index (χ4n) is 1.95. The molecule has 96 valence electrons. The Bertz CT molecular complexity index is 536. The molecule has 1 unspecified atom stereocenters. The number of furan rings is 1. The molecule has 1 atom stereocenters. The Kier molecular flexibility index (Phi) is 4.65. The van der Waals surface area contributed by atoms with Gasteiger partial charge in [-0.25, -0.2) is 0 Å². The van der Waals surface area contributed by atoms with Gasteiger partial charge in [-0.05, 0) is 46.6 Å². The first-order chi connectivity index (χ1) is 8.65. The smallest absolute Gasteiger partial charge is 0.139 e. The van der Waals surface area contributed by atoms with E-state index in [4.69, 9.17) is 4.42 Å². The Morgan fingerprint density at radius 2 is 2.06 bits per heavy atom. The molecular weight excluding hydrogens is 358 g/mol. The van der Waals surface area contributed by atoms with Gasteiger partial charge in [-0.1, -0.05) is 41.1 Å². The van der Waals surface area contributed by atoms with Gasteiger partial charge in [0.05, 0.1) is 16.8 Å². The van der Waals surface area contributed by atoms with E-state index in [0.717, 1.165) is 21.3 Å². The highest BCUT2D eigenvalue weighted by Crippen LogP contribution is 2.34. The minimum atomic E-state index is 0.0497. The average molecular weight is 373 g/mol. The number of hydrogen-bond donors (Lipinski definition) is 1. The maximum Gasteiger partial charge on any atom is 0.139 e. The van der Waals surface area contributed by atoms with Crippen molar-refractivity contribution in [3.63, 3.8) is 0 Å². The quantitative estimate of drug-likeness (QED) is 0.832. The van der Waals surface area contributed by atoms with Crippen LogP contribution in [0.1, 0.15) is 29.9 Å². The number of benzene rings is 1. The first-order valence-electron chi connectivity index (χ1n) is 5.86. The zero-order valence-corrected chi connectivity index (χ0v) is 13.5. The van der Waals surface area contributed by atoms with E-state index in [-0.39, 0.29) is 6.04 Å². The molecule has 1 N–H and O–H groups in total. The third kappa shape index (κ3) is 2.71. The van der Waals surface area contributed by atoms with E-state index in [1.54, 1.807) is 6.26 Å². The zero-order valence-electron chi connectivity index (χ0n) is 10.3. The molecule has 1 aromatic heterocycles. The van der Waals surface area contributed by atoms with Crippen LogP contribution in [0.5, 0.6) is 0 Å². The summed E-state index contributed by atoms with van der Waals surface area (Å²) in [6.45, 7) is 5.06. The summed E-state index contributed by atoms with van der Waals surface area (Å²) in [5, 5.41) is 3.46. The van der Waals surface area contributed by atoms with Crippen molar-refractivity contribution in [1.82, 2.24) is 5.32 Å². The monoisotopic (exact) mass is 371 g/mol. The Morgan fingerprint density at radius 1 is 1.28 bits per heavy atom. The van der Waals surface area contributed by atoms with Crippen LogP contribution >= 0.6 is 31.9 Å². The van der Waals surface area contributed by atoms with E-state index in [1.165, 1.54) is 11.1 Å².